The summed E-state index contributed by atoms with van der Waals surface area (Å²) in [7, 11) is 3.83. The van der Waals surface area contributed by atoms with Gasteiger partial charge in [-0.05, 0) is 44.9 Å². The van der Waals surface area contributed by atoms with Crippen molar-refractivity contribution in [1.82, 2.24) is 5.32 Å². The van der Waals surface area contributed by atoms with Crippen molar-refractivity contribution in [3.8, 4) is 5.75 Å². The molecule has 1 N–H and O–H groups in total. The largest absolute Gasteiger partial charge is 0.497 e. The van der Waals surface area contributed by atoms with Gasteiger partial charge in [0.15, 0.2) is 0 Å². The number of hydrogen-bond acceptors (Lipinski definition) is 3. The molecule has 0 saturated carbocycles. The predicted molar refractivity (Wildman–Crippen MR) is 74.4 cm³/mol. The number of piperidine rings is 1. The number of nitrogens with one attached hydrogen (secondary N) is 1. The first-order valence-corrected chi connectivity index (χ1v) is 6.91. The third kappa shape index (κ3) is 1.97. The molecule has 2 atom stereocenters. The molecule has 2 heterocycles. The number of anilines is 1. The van der Waals surface area contributed by atoms with Gasteiger partial charge in [0, 0.05) is 29.9 Å². The Morgan fingerprint density at radius 2 is 1.94 bits per heavy atom. The van der Waals surface area contributed by atoms with Gasteiger partial charge in [-0.25, -0.2) is 0 Å². The summed E-state index contributed by atoms with van der Waals surface area (Å²) in [5.74, 6) is 0.961. The molecule has 3 rings (SSSR count). The molecule has 1 aromatic carbocycles. The molecular weight excluding hydrogens is 224 g/mol. The van der Waals surface area contributed by atoms with Crippen LogP contribution in [-0.2, 0) is 0 Å². The van der Waals surface area contributed by atoms with Crippen LogP contribution in [0.3, 0.4) is 0 Å². The standard InChI is InChI=1S/C15H22N2O/c1-16-11-8-13-6-7-14(9-11)17(13)12-4-3-5-15(10-12)18-2/h3-5,10-11,13-14,16H,6-9H2,1-2H3. The van der Waals surface area contributed by atoms with E-state index < -0.39 is 0 Å². The summed E-state index contributed by atoms with van der Waals surface area (Å²) in [6, 6.07) is 10.6. The van der Waals surface area contributed by atoms with Crippen molar-refractivity contribution in [2.45, 2.75) is 43.8 Å². The fourth-order valence-electron chi connectivity index (χ4n) is 3.61. The summed E-state index contributed by atoms with van der Waals surface area (Å²) >= 11 is 0. The number of methoxy groups -OCH3 is 1. The van der Waals surface area contributed by atoms with E-state index in [4.69, 9.17) is 4.74 Å². The van der Waals surface area contributed by atoms with E-state index in [1.165, 1.54) is 31.4 Å². The third-order valence-corrected chi connectivity index (χ3v) is 4.49. The van der Waals surface area contributed by atoms with Gasteiger partial charge in [0.05, 0.1) is 7.11 Å². The van der Waals surface area contributed by atoms with E-state index in [0.717, 1.165) is 5.75 Å². The fraction of sp³-hybridized carbons (Fsp3) is 0.600. The summed E-state index contributed by atoms with van der Waals surface area (Å²) in [6.45, 7) is 0. The van der Waals surface area contributed by atoms with Gasteiger partial charge in [-0.3, -0.25) is 0 Å². The number of nitrogens with zero attached hydrogens (tertiary/aromatic N) is 1. The third-order valence-electron chi connectivity index (χ3n) is 4.49. The van der Waals surface area contributed by atoms with Crippen molar-refractivity contribution in [2.75, 3.05) is 19.1 Å². The number of fused-ring (bicyclic) bond motifs is 2. The van der Waals surface area contributed by atoms with E-state index in [-0.39, 0.29) is 0 Å². The Hall–Kier alpha value is -1.22. The first-order chi connectivity index (χ1) is 8.81. The summed E-state index contributed by atoms with van der Waals surface area (Å²) in [5, 5.41) is 3.45. The van der Waals surface area contributed by atoms with Crippen molar-refractivity contribution in [3.05, 3.63) is 24.3 Å². The van der Waals surface area contributed by atoms with Crippen molar-refractivity contribution in [1.29, 1.82) is 0 Å². The lowest BCUT2D eigenvalue weighted by Crippen LogP contribution is -2.48. The number of benzene rings is 1. The van der Waals surface area contributed by atoms with E-state index in [2.05, 4.69) is 35.5 Å². The zero-order valence-electron chi connectivity index (χ0n) is 11.2. The zero-order valence-corrected chi connectivity index (χ0v) is 11.2. The van der Waals surface area contributed by atoms with Gasteiger partial charge in [0.1, 0.15) is 5.75 Å². The van der Waals surface area contributed by atoms with Crippen LogP contribution in [0.2, 0.25) is 0 Å². The lowest BCUT2D eigenvalue weighted by molar-refractivity contribution is 0.372. The molecule has 2 saturated heterocycles. The van der Waals surface area contributed by atoms with Gasteiger partial charge in [-0.1, -0.05) is 6.07 Å². The van der Waals surface area contributed by atoms with Crippen molar-refractivity contribution in [2.24, 2.45) is 0 Å². The summed E-state index contributed by atoms with van der Waals surface area (Å²) in [5.41, 5.74) is 1.33. The minimum atomic E-state index is 0.698. The Kier molecular flexibility index (Phi) is 3.16. The highest BCUT2D eigenvalue weighted by Gasteiger charge is 2.40. The topological polar surface area (TPSA) is 24.5 Å². The highest BCUT2D eigenvalue weighted by atomic mass is 16.5. The van der Waals surface area contributed by atoms with Crippen molar-refractivity contribution >= 4 is 5.69 Å². The van der Waals surface area contributed by atoms with Gasteiger partial charge in [-0.2, -0.15) is 0 Å². The van der Waals surface area contributed by atoms with Crippen LogP contribution in [0.15, 0.2) is 24.3 Å². The van der Waals surface area contributed by atoms with Crippen LogP contribution >= 0.6 is 0 Å². The Labute approximate surface area is 109 Å². The second-order valence-corrected chi connectivity index (χ2v) is 5.45. The smallest absolute Gasteiger partial charge is 0.120 e. The van der Waals surface area contributed by atoms with Crippen LogP contribution in [0, 0.1) is 0 Å². The summed E-state index contributed by atoms with van der Waals surface area (Å²) in [4.78, 5) is 2.62. The van der Waals surface area contributed by atoms with Gasteiger partial charge in [-0.15, -0.1) is 0 Å². The molecule has 98 valence electrons. The lowest BCUT2D eigenvalue weighted by atomic mass is 9.96. The lowest BCUT2D eigenvalue weighted by Gasteiger charge is -2.40. The second kappa shape index (κ2) is 4.81. The molecule has 0 aromatic heterocycles. The highest BCUT2D eigenvalue weighted by Crippen LogP contribution is 2.40. The van der Waals surface area contributed by atoms with Gasteiger partial charge < -0.3 is 15.0 Å². The van der Waals surface area contributed by atoms with E-state index in [1.54, 1.807) is 7.11 Å². The van der Waals surface area contributed by atoms with Crippen LogP contribution in [0.1, 0.15) is 25.7 Å². The van der Waals surface area contributed by atoms with Gasteiger partial charge in [0.2, 0.25) is 0 Å². The van der Waals surface area contributed by atoms with E-state index in [0.29, 0.717) is 18.1 Å². The van der Waals surface area contributed by atoms with Crippen LogP contribution in [0.25, 0.3) is 0 Å². The molecule has 0 spiro atoms. The maximum atomic E-state index is 5.34. The SMILES string of the molecule is CNC1CC2CCC(C1)N2c1cccc(OC)c1. The molecule has 2 bridgehead atoms. The molecular formula is C15H22N2O. The van der Waals surface area contributed by atoms with E-state index in [1.807, 2.05) is 6.07 Å². The Bertz CT molecular complexity index is 407. The fourth-order valence-corrected chi connectivity index (χ4v) is 3.61. The molecule has 3 nitrogen and oxygen atoms in total. The van der Waals surface area contributed by atoms with Crippen molar-refractivity contribution in [3.63, 3.8) is 0 Å². The molecule has 18 heavy (non-hydrogen) atoms. The molecule has 2 aliphatic rings. The highest BCUT2D eigenvalue weighted by molar-refractivity contribution is 5.54. The normalized spacial score (nSPS) is 30.6. The minimum absolute atomic E-state index is 0.698. The maximum Gasteiger partial charge on any atom is 0.120 e. The average molecular weight is 246 g/mol. The molecule has 0 amide bonds. The van der Waals surface area contributed by atoms with Crippen LogP contribution in [-0.4, -0.2) is 32.3 Å². The number of rotatable bonds is 3. The Morgan fingerprint density at radius 3 is 2.56 bits per heavy atom. The van der Waals surface area contributed by atoms with E-state index >= 15 is 0 Å². The van der Waals surface area contributed by atoms with Crippen LogP contribution < -0.4 is 15.0 Å². The Balaban J connectivity index is 1.84. The quantitative estimate of drug-likeness (QED) is 0.886. The molecule has 1 aromatic rings. The van der Waals surface area contributed by atoms with Crippen LogP contribution in [0.4, 0.5) is 5.69 Å². The second-order valence-electron chi connectivity index (χ2n) is 5.45. The molecule has 2 aliphatic heterocycles. The molecule has 3 heteroatoms. The first-order valence-electron chi connectivity index (χ1n) is 6.91. The molecule has 2 unspecified atom stereocenters. The van der Waals surface area contributed by atoms with Crippen molar-refractivity contribution < 1.29 is 4.74 Å². The zero-order chi connectivity index (χ0) is 12.5. The molecule has 2 fully saturated rings. The average Bonchev–Trinajstić information content (AvgIpc) is 2.69. The maximum absolute atomic E-state index is 5.34. The van der Waals surface area contributed by atoms with Gasteiger partial charge >= 0.3 is 0 Å². The number of ether oxygens (including phenoxy) is 1. The minimum Gasteiger partial charge on any atom is -0.497 e. The number of hydrogen-bond donors (Lipinski definition) is 1. The Morgan fingerprint density at radius 1 is 1.22 bits per heavy atom. The monoisotopic (exact) mass is 246 g/mol. The van der Waals surface area contributed by atoms with E-state index in [9.17, 15) is 0 Å². The first kappa shape index (κ1) is 11.8. The van der Waals surface area contributed by atoms with Gasteiger partial charge in [0.25, 0.3) is 0 Å². The summed E-state index contributed by atoms with van der Waals surface area (Å²) < 4.78 is 5.34. The molecule has 0 radical (unpaired) electrons. The van der Waals surface area contributed by atoms with Crippen LogP contribution in [0.5, 0.6) is 5.75 Å². The molecule has 0 aliphatic carbocycles. The predicted octanol–water partition coefficient (Wildman–Crippen LogP) is 2.41. The summed E-state index contributed by atoms with van der Waals surface area (Å²) in [6.07, 6.45) is 5.20.